The summed E-state index contributed by atoms with van der Waals surface area (Å²) in [6.07, 6.45) is 6.53. The van der Waals surface area contributed by atoms with Crippen LogP contribution in [-0.2, 0) is 4.74 Å². The lowest BCUT2D eigenvalue weighted by atomic mass is 9.85. The van der Waals surface area contributed by atoms with Crippen molar-refractivity contribution in [3.05, 3.63) is 42.2 Å². The molecule has 21 heavy (non-hydrogen) atoms. The maximum Gasteiger partial charge on any atom is 0.0619 e. The number of nitrogens with one attached hydrogen (secondary N) is 1. The number of pyridine rings is 1. The largest absolute Gasteiger partial charge is 0.378 e. The summed E-state index contributed by atoms with van der Waals surface area (Å²) < 4.78 is 5.92. The van der Waals surface area contributed by atoms with Crippen LogP contribution in [0.1, 0.15) is 38.3 Å². The van der Waals surface area contributed by atoms with Crippen LogP contribution in [0.5, 0.6) is 0 Å². The highest BCUT2D eigenvalue weighted by atomic mass is 16.5. The molecule has 0 spiro atoms. The van der Waals surface area contributed by atoms with Gasteiger partial charge in [-0.05, 0) is 30.3 Å². The third-order valence-electron chi connectivity index (χ3n) is 4.55. The van der Waals surface area contributed by atoms with Crippen LogP contribution in [-0.4, -0.2) is 24.2 Å². The number of rotatable bonds is 5. The Morgan fingerprint density at radius 3 is 2.95 bits per heavy atom. The molecule has 3 atom stereocenters. The van der Waals surface area contributed by atoms with Gasteiger partial charge >= 0.3 is 0 Å². The highest BCUT2D eigenvalue weighted by molar-refractivity contribution is 5.85. The average molecular weight is 284 g/mol. The minimum absolute atomic E-state index is 0.320. The van der Waals surface area contributed by atoms with E-state index in [-0.39, 0.29) is 0 Å². The summed E-state index contributed by atoms with van der Waals surface area (Å²) in [4.78, 5) is 4.46. The standard InChI is InChI=1S/C18H24N2O/c1-3-17-15(9-10-21-17)18(20-4-2)16-12-19-11-13-7-5-6-8-14(13)16/h5-8,11-12,15,17-18,20H,3-4,9-10H2,1-2H3. The molecule has 1 saturated heterocycles. The van der Waals surface area contributed by atoms with Gasteiger partial charge in [0.2, 0.25) is 0 Å². The van der Waals surface area contributed by atoms with Crippen molar-refractivity contribution in [2.24, 2.45) is 5.92 Å². The summed E-state index contributed by atoms with van der Waals surface area (Å²) in [5, 5.41) is 6.20. The van der Waals surface area contributed by atoms with Gasteiger partial charge < -0.3 is 10.1 Å². The van der Waals surface area contributed by atoms with E-state index in [1.807, 2.05) is 12.4 Å². The van der Waals surface area contributed by atoms with Crippen LogP contribution in [0.2, 0.25) is 0 Å². The molecule has 112 valence electrons. The number of hydrogen-bond acceptors (Lipinski definition) is 3. The number of fused-ring (bicyclic) bond motifs is 1. The van der Waals surface area contributed by atoms with Crippen molar-refractivity contribution in [1.29, 1.82) is 0 Å². The molecular formula is C18H24N2O. The monoisotopic (exact) mass is 284 g/mol. The maximum atomic E-state index is 5.92. The molecule has 2 aromatic rings. The molecule has 1 aromatic heterocycles. The van der Waals surface area contributed by atoms with Gasteiger partial charge in [0.1, 0.15) is 0 Å². The number of hydrogen-bond donors (Lipinski definition) is 1. The molecule has 0 radical (unpaired) electrons. The van der Waals surface area contributed by atoms with Crippen molar-refractivity contribution in [2.45, 2.75) is 38.8 Å². The Kier molecular flexibility index (Phi) is 4.51. The fraction of sp³-hybridized carbons (Fsp3) is 0.500. The van der Waals surface area contributed by atoms with Crippen molar-refractivity contribution >= 4 is 10.8 Å². The van der Waals surface area contributed by atoms with Gasteiger partial charge in [-0.25, -0.2) is 0 Å². The van der Waals surface area contributed by atoms with E-state index >= 15 is 0 Å². The van der Waals surface area contributed by atoms with Crippen LogP contribution < -0.4 is 5.32 Å². The first-order valence-corrected chi connectivity index (χ1v) is 8.02. The van der Waals surface area contributed by atoms with Gasteiger partial charge in [-0.15, -0.1) is 0 Å². The Balaban J connectivity index is 2.03. The molecule has 1 N–H and O–H groups in total. The zero-order chi connectivity index (χ0) is 14.7. The van der Waals surface area contributed by atoms with Gasteiger partial charge in [-0.3, -0.25) is 4.98 Å². The Morgan fingerprint density at radius 1 is 1.29 bits per heavy atom. The molecule has 1 aromatic carbocycles. The van der Waals surface area contributed by atoms with E-state index in [4.69, 9.17) is 4.74 Å². The van der Waals surface area contributed by atoms with E-state index < -0.39 is 0 Å². The molecule has 1 aliphatic heterocycles. The summed E-state index contributed by atoms with van der Waals surface area (Å²) in [6, 6.07) is 8.84. The molecule has 0 bridgehead atoms. The smallest absolute Gasteiger partial charge is 0.0619 e. The lowest BCUT2D eigenvalue weighted by Crippen LogP contribution is -2.33. The van der Waals surface area contributed by atoms with E-state index in [9.17, 15) is 0 Å². The minimum atomic E-state index is 0.320. The fourth-order valence-electron chi connectivity index (χ4n) is 3.57. The molecule has 3 unspecified atom stereocenters. The zero-order valence-corrected chi connectivity index (χ0v) is 12.9. The third-order valence-corrected chi connectivity index (χ3v) is 4.55. The van der Waals surface area contributed by atoms with Crippen molar-refractivity contribution in [3.8, 4) is 0 Å². The molecule has 3 rings (SSSR count). The molecule has 1 fully saturated rings. The van der Waals surface area contributed by atoms with Crippen molar-refractivity contribution in [2.75, 3.05) is 13.2 Å². The second kappa shape index (κ2) is 6.54. The van der Waals surface area contributed by atoms with E-state index in [2.05, 4.69) is 48.4 Å². The molecule has 2 heterocycles. The molecule has 0 aliphatic carbocycles. The van der Waals surface area contributed by atoms with Crippen LogP contribution in [0.3, 0.4) is 0 Å². The Bertz CT molecular complexity index is 593. The van der Waals surface area contributed by atoms with E-state index in [0.717, 1.165) is 26.0 Å². The Hall–Kier alpha value is -1.45. The summed E-state index contributed by atoms with van der Waals surface area (Å²) >= 11 is 0. The lowest BCUT2D eigenvalue weighted by molar-refractivity contribution is 0.0777. The van der Waals surface area contributed by atoms with Crippen molar-refractivity contribution in [1.82, 2.24) is 10.3 Å². The SMILES string of the molecule is CCNC(c1cncc2ccccc12)C1CCOC1CC. The Morgan fingerprint density at radius 2 is 2.14 bits per heavy atom. The first kappa shape index (κ1) is 14.5. The predicted molar refractivity (Wildman–Crippen MR) is 86.3 cm³/mol. The van der Waals surface area contributed by atoms with E-state index in [0.29, 0.717) is 18.1 Å². The van der Waals surface area contributed by atoms with Crippen molar-refractivity contribution in [3.63, 3.8) is 0 Å². The molecule has 0 saturated carbocycles. The second-order valence-corrected chi connectivity index (χ2v) is 5.76. The van der Waals surface area contributed by atoms with Crippen LogP contribution >= 0.6 is 0 Å². The molecule has 0 amide bonds. The first-order valence-electron chi connectivity index (χ1n) is 8.02. The summed E-state index contributed by atoms with van der Waals surface area (Å²) in [5.41, 5.74) is 1.31. The van der Waals surface area contributed by atoms with Crippen molar-refractivity contribution < 1.29 is 4.74 Å². The first-order chi connectivity index (χ1) is 10.3. The summed E-state index contributed by atoms with van der Waals surface area (Å²) in [7, 11) is 0. The number of benzene rings is 1. The topological polar surface area (TPSA) is 34.2 Å². The fourth-order valence-corrected chi connectivity index (χ4v) is 3.57. The van der Waals surface area contributed by atoms with Crippen LogP contribution in [0.15, 0.2) is 36.7 Å². The predicted octanol–water partition coefficient (Wildman–Crippen LogP) is 3.70. The number of ether oxygens (including phenoxy) is 1. The maximum absolute atomic E-state index is 5.92. The third kappa shape index (κ3) is 2.81. The van der Waals surface area contributed by atoms with Crippen LogP contribution in [0.4, 0.5) is 0 Å². The normalized spacial score (nSPS) is 23.5. The molecule has 3 heteroatoms. The van der Waals surface area contributed by atoms with Gasteiger partial charge in [-0.2, -0.15) is 0 Å². The van der Waals surface area contributed by atoms with Gasteiger partial charge in [-0.1, -0.05) is 38.1 Å². The molecule has 1 aliphatic rings. The lowest BCUT2D eigenvalue weighted by Gasteiger charge is -2.29. The number of nitrogens with zero attached hydrogens (tertiary/aromatic N) is 1. The molecule has 3 nitrogen and oxygen atoms in total. The highest BCUT2D eigenvalue weighted by Gasteiger charge is 2.34. The van der Waals surface area contributed by atoms with Gasteiger partial charge in [0.15, 0.2) is 0 Å². The van der Waals surface area contributed by atoms with Crippen LogP contribution in [0.25, 0.3) is 10.8 Å². The quantitative estimate of drug-likeness (QED) is 0.909. The summed E-state index contributed by atoms with van der Waals surface area (Å²) in [5.74, 6) is 0.530. The Labute approximate surface area is 126 Å². The van der Waals surface area contributed by atoms with Crippen LogP contribution in [0, 0.1) is 5.92 Å². The van der Waals surface area contributed by atoms with Gasteiger partial charge in [0, 0.05) is 36.3 Å². The second-order valence-electron chi connectivity index (χ2n) is 5.76. The van der Waals surface area contributed by atoms with E-state index in [1.54, 1.807) is 0 Å². The number of aromatic nitrogens is 1. The minimum Gasteiger partial charge on any atom is -0.378 e. The van der Waals surface area contributed by atoms with Gasteiger partial charge in [0.25, 0.3) is 0 Å². The molecular weight excluding hydrogens is 260 g/mol. The van der Waals surface area contributed by atoms with E-state index in [1.165, 1.54) is 16.3 Å². The van der Waals surface area contributed by atoms with Gasteiger partial charge in [0.05, 0.1) is 6.10 Å². The zero-order valence-electron chi connectivity index (χ0n) is 12.9. The average Bonchev–Trinajstić information content (AvgIpc) is 3.00. The summed E-state index contributed by atoms with van der Waals surface area (Å²) in [6.45, 7) is 6.22. The highest BCUT2D eigenvalue weighted by Crippen LogP contribution is 2.37.